The molecule has 1 aromatic heterocycles. The number of methoxy groups -OCH3 is 3. The van der Waals surface area contributed by atoms with Gasteiger partial charge in [-0.1, -0.05) is 59.9 Å². The van der Waals surface area contributed by atoms with E-state index in [0.29, 0.717) is 50.2 Å². The molecule has 0 unspecified atom stereocenters. The predicted molar refractivity (Wildman–Crippen MR) is 194 cm³/mol. The Balaban J connectivity index is 1.41. The van der Waals surface area contributed by atoms with Crippen LogP contribution in [0.4, 0.5) is 0 Å². The van der Waals surface area contributed by atoms with E-state index in [1.807, 2.05) is 36.4 Å². The van der Waals surface area contributed by atoms with E-state index in [1.165, 1.54) is 18.4 Å². The summed E-state index contributed by atoms with van der Waals surface area (Å²) in [5.74, 6) is 1.63. The number of benzene rings is 4. The van der Waals surface area contributed by atoms with Crippen LogP contribution in [0.25, 0.3) is 16.8 Å². The molecule has 0 N–H and O–H groups in total. The van der Waals surface area contributed by atoms with Gasteiger partial charge >= 0.3 is 5.97 Å². The van der Waals surface area contributed by atoms with Crippen LogP contribution in [0.15, 0.2) is 93.9 Å². The molecular formula is C37H33IN2O7S. The fourth-order valence-electron chi connectivity index (χ4n) is 5.81. The smallest absolute Gasteiger partial charge is 0.338 e. The zero-order chi connectivity index (χ0) is 33.9. The number of esters is 1. The molecule has 48 heavy (non-hydrogen) atoms. The highest BCUT2D eigenvalue weighted by atomic mass is 127. The van der Waals surface area contributed by atoms with Crippen molar-refractivity contribution in [1.29, 1.82) is 0 Å². The highest BCUT2D eigenvalue weighted by Crippen LogP contribution is 2.37. The first kappa shape index (κ1) is 33.3. The number of aromatic nitrogens is 1. The van der Waals surface area contributed by atoms with Crippen LogP contribution in [0.2, 0.25) is 0 Å². The molecule has 0 saturated carbocycles. The topological polar surface area (TPSA) is 97.6 Å². The van der Waals surface area contributed by atoms with Crippen LogP contribution in [-0.4, -0.2) is 38.5 Å². The van der Waals surface area contributed by atoms with Crippen LogP contribution in [0.5, 0.6) is 23.0 Å². The molecule has 0 bridgehead atoms. The van der Waals surface area contributed by atoms with Gasteiger partial charge in [-0.3, -0.25) is 9.36 Å². The fraction of sp³-hybridized carbons (Fsp3) is 0.216. The van der Waals surface area contributed by atoms with Gasteiger partial charge in [0.2, 0.25) is 0 Å². The Hall–Kier alpha value is -4.62. The maximum absolute atomic E-state index is 14.2. The normalized spacial score (nSPS) is 14.4. The molecule has 1 atom stereocenters. The molecular weight excluding hydrogens is 743 g/mol. The number of hydrogen-bond donors (Lipinski definition) is 0. The van der Waals surface area contributed by atoms with Gasteiger partial charge in [0.05, 0.1) is 53.4 Å². The molecule has 6 rings (SSSR count). The third-order valence-corrected chi connectivity index (χ3v) is 9.83. The Bertz CT molecular complexity index is 2250. The van der Waals surface area contributed by atoms with E-state index in [2.05, 4.69) is 51.8 Å². The van der Waals surface area contributed by atoms with Crippen molar-refractivity contribution in [2.75, 3.05) is 27.9 Å². The van der Waals surface area contributed by atoms with E-state index in [0.717, 1.165) is 25.5 Å². The number of carbonyl (C=O) groups excluding carboxylic acids is 1. The largest absolute Gasteiger partial charge is 0.493 e. The summed E-state index contributed by atoms with van der Waals surface area (Å²) in [6.07, 6.45) is 1.80. The Morgan fingerprint density at radius 3 is 2.46 bits per heavy atom. The van der Waals surface area contributed by atoms with E-state index < -0.39 is 12.0 Å². The van der Waals surface area contributed by atoms with E-state index in [1.54, 1.807) is 50.8 Å². The Labute approximate surface area is 294 Å². The number of hydrogen-bond acceptors (Lipinski definition) is 9. The van der Waals surface area contributed by atoms with Gasteiger partial charge in [-0.15, -0.1) is 0 Å². The van der Waals surface area contributed by atoms with E-state index in [9.17, 15) is 9.59 Å². The number of fused-ring (bicyclic) bond motifs is 2. The summed E-state index contributed by atoms with van der Waals surface area (Å²) in [4.78, 5) is 32.6. The first-order chi connectivity index (χ1) is 23.3. The SMILES string of the molecule is CCOC(=O)C1=C(C)N=c2s/c(=C/c3cc(I)c(OCc4cccc5ccccc45)c(OC)c3)c(=O)n2[C@H]1c1ccc(OC)c(OC)c1. The molecule has 0 saturated heterocycles. The van der Waals surface area contributed by atoms with Crippen molar-refractivity contribution in [3.63, 3.8) is 0 Å². The second kappa shape index (κ2) is 14.2. The summed E-state index contributed by atoms with van der Waals surface area (Å²) in [6.45, 7) is 4.04. The van der Waals surface area contributed by atoms with Crippen molar-refractivity contribution in [3.05, 3.63) is 124 Å². The fourth-order valence-corrected chi connectivity index (χ4v) is 7.64. The van der Waals surface area contributed by atoms with Crippen molar-refractivity contribution < 1.29 is 28.5 Å². The Kier molecular flexibility index (Phi) is 9.88. The van der Waals surface area contributed by atoms with Crippen molar-refractivity contribution in [3.8, 4) is 23.0 Å². The number of halogens is 1. The molecule has 1 aliphatic heterocycles. The van der Waals surface area contributed by atoms with Crippen LogP contribution < -0.4 is 33.8 Å². The lowest BCUT2D eigenvalue weighted by atomic mass is 9.95. The number of allylic oxidation sites excluding steroid dienone is 1. The zero-order valence-electron chi connectivity index (χ0n) is 27.0. The van der Waals surface area contributed by atoms with Crippen LogP contribution >= 0.6 is 33.9 Å². The zero-order valence-corrected chi connectivity index (χ0v) is 30.0. The van der Waals surface area contributed by atoms with Gasteiger partial charge in [0.15, 0.2) is 27.8 Å². The van der Waals surface area contributed by atoms with Gasteiger partial charge in [0.1, 0.15) is 6.61 Å². The maximum atomic E-state index is 14.2. The molecule has 0 aliphatic carbocycles. The van der Waals surface area contributed by atoms with E-state index in [-0.39, 0.29) is 17.7 Å². The molecule has 246 valence electrons. The monoisotopic (exact) mass is 776 g/mol. The summed E-state index contributed by atoms with van der Waals surface area (Å²) in [5, 5.41) is 2.28. The van der Waals surface area contributed by atoms with Crippen molar-refractivity contribution in [1.82, 2.24) is 4.57 Å². The van der Waals surface area contributed by atoms with Gasteiger partial charge in [0.25, 0.3) is 5.56 Å². The molecule has 0 amide bonds. The lowest BCUT2D eigenvalue weighted by Gasteiger charge is -2.25. The Morgan fingerprint density at radius 1 is 0.958 bits per heavy atom. The van der Waals surface area contributed by atoms with Crippen molar-refractivity contribution in [2.45, 2.75) is 26.5 Å². The van der Waals surface area contributed by atoms with E-state index in [4.69, 9.17) is 23.7 Å². The number of ether oxygens (including phenoxy) is 5. The maximum Gasteiger partial charge on any atom is 0.338 e. The molecule has 0 spiro atoms. The van der Waals surface area contributed by atoms with Gasteiger partial charge in [-0.25, -0.2) is 9.79 Å². The summed E-state index contributed by atoms with van der Waals surface area (Å²) >= 11 is 3.47. The summed E-state index contributed by atoms with van der Waals surface area (Å²) in [5.41, 5.74) is 2.94. The molecule has 11 heteroatoms. The highest BCUT2D eigenvalue weighted by Gasteiger charge is 2.34. The number of carbonyl (C=O) groups is 1. The number of thiazole rings is 1. The summed E-state index contributed by atoms with van der Waals surface area (Å²) in [6, 6.07) is 22.7. The number of rotatable bonds is 10. The van der Waals surface area contributed by atoms with Gasteiger partial charge in [-0.05, 0) is 94.2 Å². The minimum Gasteiger partial charge on any atom is -0.493 e. The average molecular weight is 777 g/mol. The summed E-state index contributed by atoms with van der Waals surface area (Å²) in [7, 11) is 4.68. The highest BCUT2D eigenvalue weighted by molar-refractivity contribution is 14.1. The van der Waals surface area contributed by atoms with Gasteiger partial charge in [-0.2, -0.15) is 0 Å². The first-order valence-electron chi connectivity index (χ1n) is 15.2. The quantitative estimate of drug-likeness (QED) is 0.124. The molecule has 4 aromatic carbocycles. The standard InChI is InChI=1S/C37H33IN2O7S/c1-6-46-36(42)32-21(2)39-37-40(33(32)24-14-15-28(43-3)29(19-24)44-4)35(41)31(48-37)18-22-16-27(38)34(30(17-22)45-5)47-20-25-12-9-11-23-10-7-8-13-26(23)25/h7-19,33H,6,20H2,1-5H3/b31-18+/t33-/m0/s1. The minimum absolute atomic E-state index is 0.181. The first-order valence-corrected chi connectivity index (χ1v) is 17.1. The molecule has 9 nitrogen and oxygen atoms in total. The van der Waals surface area contributed by atoms with Crippen LogP contribution in [0.1, 0.15) is 36.6 Å². The molecule has 0 fully saturated rings. The number of nitrogens with zero attached hydrogens (tertiary/aromatic N) is 2. The van der Waals surface area contributed by atoms with Gasteiger partial charge < -0.3 is 23.7 Å². The summed E-state index contributed by atoms with van der Waals surface area (Å²) < 4.78 is 31.3. The third kappa shape index (κ3) is 6.31. The molecule has 5 aromatic rings. The van der Waals surface area contributed by atoms with Crippen LogP contribution in [0.3, 0.4) is 0 Å². The third-order valence-electron chi connectivity index (χ3n) is 8.04. The second-order valence-electron chi connectivity index (χ2n) is 10.9. The second-order valence-corrected chi connectivity index (χ2v) is 13.0. The van der Waals surface area contributed by atoms with Crippen molar-refractivity contribution in [2.24, 2.45) is 4.99 Å². The molecule has 2 heterocycles. The van der Waals surface area contributed by atoms with E-state index >= 15 is 0 Å². The van der Waals surface area contributed by atoms with Crippen LogP contribution in [-0.2, 0) is 16.1 Å². The lowest BCUT2D eigenvalue weighted by Crippen LogP contribution is -2.40. The minimum atomic E-state index is -0.790. The van der Waals surface area contributed by atoms with Crippen LogP contribution in [0, 0.1) is 3.57 Å². The average Bonchev–Trinajstić information content (AvgIpc) is 3.39. The molecule has 0 radical (unpaired) electrons. The van der Waals surface area contributed by atoms with Crippen molar-refractivity contribution >= 4 is 56.7 Å². The lowest BCUT2D eigenvalue weighted by molar-refractivity contribution is -0.139. The molecule has 1 aliphatic rings. The Morgan fingerprint density at radius 2 is 1.71 bits per heavy atom. The van der Waals surface area contributed by atoms with Gasteiger partial charge in [0, 0.05) is 0 Å². The predicted octanol–water partition coefficient (Wildman–Crippen LogP) is 6.16.